The number of aryl methyl sites for hydroxylation is 1. The van der Waals surface area contributed by atoms with E-state index in [0.717, 1.165) is 6.54 Å². The summed E-state index contributed by atoms with van der Waals surface area (Å²) in [6.07, 6.45) is 0.0623. The van der Waals surface area contributed by atoms with Crippen molar-refractivity contribution >= 4 is 0 Å². The molecule has 0 aromatic heterocycles. The number of benzene rings is 2. The highest BCUT2D eigenvalue weighted by atomic mass is 16.5. The van der Waals surface area contributed by atoms with E-state index in [1.54, 1.807) is 7.11 Å². The summed E-state index contributed by atoms with van der Waals surface area (Å²) >= 11 is 0. The number of rotatable bonds is 2. The molecule has 1 aliphatic rings. The Hall–Kier alpha value is -1.64. The average Bonchev–Trinajstić information content (AvgIpc) is 2.46. The third-order valence-electron chi connectivity index (χ3n) is 4.18. The minimum Gasteiger partial charge on any atom is -0.362 e. The molecule has 0 bridgehead atoms. The molecule has 0 amide bonds. The largest absolute Gasteiger partial charge is 0.362 e. The van der Waals surface area contributed by atoms with Gasteiger partial charge in [0.25, 0.3) is 0 Å². The third-order valence-corrected chi connectivity index (χ3v) is 4.18. The fourth-order valence-corrected chi connectivity index (χ4v) is 3.25. The number of likely N-dealkylation sites (N-methyl/N-ethyl adjacent to an activating group) is 1. The van der Waals surface area contributed by atoms with Gasteiger partial charge < -0.3 is 4.74 Å². The number of methoxy groups -OCH3 is 1. The minimum absolute atomic E-state index is 0.0623. The molecule has 0 fully saturated rings. The van der Waals surface area contributed by atoms with Crippen molar-refractivity contribution < 1.29 is 4.74 Å². The third kappa shape index (κ3) is 2.26. The van der Waals surface area contributed by atoms with Gasteiger partial charge in [-0.15, -0.1) is 0 Å². The van der Waals surface area contributed by atoms with Crippen molar-refractivity contribution in [3.8, 4) is 0 Å². The smallest absolute Gasteiger partial charge is 0.136 e. The van der Waals surface area contributed by atoms with E-state index >= 15 is 0 Å². The van der Waals surface area contributed by atoms with Crippen LogP contribution in [0.3, 0.4) is 0 Å². The summed E-state index contributed by atoms with van der Waals surface area (Å²) < 4.78 is 5.66. The molecule has 0 N–H and O–H groups in total. The maximum absolute atomic E-state index is 5.66. The molecular formula is C18H21NO. The van der Waals surface area contributed by atoms with E-state index in [0.29, 0.717) is 5.92 Å². The van der Waals surface area contributed by atoms with Crippen molar-refractivity contribution in [1.82, 2.24) is 4.90 Å². The van der Waals surface area contributed by atoms with Crippen LogP contribution in [-0.2, 0) is 4.74 Å². The molecule has 20 heavy (non-hydrogen) atoms. The van der Waals surface area contributed by atoms with Crippen LogP contribution in [0.2, 0.25) is 0 Å². The highest BCUT2D eigenvalue weighted by Gasteiger charge is 2.31. The normalized spacial score (nSPS) is 22.6. The van der Waals surface area contributed by atoms with Crippen LogP contribution in [0.4, 0.5) is 0 Å². The lowest BCUT2D eigenvalue weighted by Gasteiger charge is -2.38. The lowest BCUT2D eigenvalue weighted by Crippen LogP contribution is -2.36. The monoisotopic (exact) mass is 267 g/mol. The quantitative estimate of drug-likeness (QED) is 0.822. The second kappa shape index (κ2) is 5.39. The zero-order chi connectivity index (χ0) is 14.1. The Kier molecular flexibility index (Phi) is 3.60. The molecule has 2 heteroatoms. The first-order valence-electron chi connectivity index (χ1n) is 7.09. The Labute approximate surface area is 121 Å². The van der Waals surface area contributed by atoms with Gasteiger partial charge in [-0.25, -0.2) is 0 Å². The van der Waals surface area contributed by atoms with Gasteiger partial charge in [0.2, 0.25) is 0 Å². The van der Waals surface area contributed by atoms with Crippen LogP contribution < -0.4 is 0 Å². The van der Waals surface area contributed by atoms with Crippen molar-refractivity contribution in [3.63, 3.8) is 0 Å². The van der Waals surface area contributed by atoms with Crippen LogP contribution in [0.5, 0.6) is 0 Å². The van der Waals surface area contributed by atoms with Gasteiger partial charge in [-0.05, 0) is 30.7 Å². The SMILES string of the molecule is COC1c2ccccc2C(c2cccc(C)c2)CN1C. The van der Waals surface area contributed by atoms with Gasteiger partial charge in [0, 0.05) is 19.6 Å². The highest BCUT2D eigenvalue weighted by Crippen LogP contribution is 2.38. The Morgan fingerprint density at radius 3 is 2.50 bits per heavy atom. The summed E-state index contributed by atoms with van der Waals surface area (Å²) in [7, 11) is 3.91. The van der Waals surface area contributed by atoms with Gasteiger partial charge in [-0.1, -0.05) is 54.1 Å². The second-order valence-corrected chi connectivity index (χ2v) is 5.62. The van der Waals surface area contributed by atoms with Gasteiger partial charge in [-0.2, -0.15) is 0 Å². The number of fused-ring (bicyclic) bond motifs is 1. The average molecular weight is 267 g/mol. The van der Waals surface area contributed by atoms with Gasteiger partial charge in [-0.3, -0.25) is 4.90 Å². The molecule has 0 aliphatic carbocycles. The van der Waals surface area contributed by atoms with Gasteiger partial charge in [0.15, 0.2) is 0 Å². The van der Waals surface area contributed by atoms with Crippen LogP contribution in [0, 0.1) is 6.92 Å². The van der Waals surface area contributed by atoms with Crippen LogP contribution in [-0.4, -0.2) is 25.6 Å². The van der Waals surface area contributed by atoms with Crippen molar-refractivity contribution in [2.75, 3.05) is 20.7 Å². The topological polar surface area (TPSA) is 12.5 Å². The van der Waals surface area contributed by atoms with E-state index < -0.39 is 0 Å². The Morgan fingerprint density at radius 2 is 1.80 bits per heavy atom. The number of hydrogen-bond acceptors (Lipinski definition) is 2. The van der Waals surface area contributed by atoms with E-state index in [9.17, 15) is 0 Å². The molecule has 2 aromatic rings. The Morgan fingerprint density at radius 1 is 1.05 bits per heavy atom. The lowest BCUT2D eigenvalue weighted by atomic mass is 9.83. The lowest BCUT2D eigenvalue weighted by molar-refractivity contribution is -0.0296. The van der Waals surface area contributed by atoms with Gasteiger partial charge in [0.05, 0.1) is 0 Å². The Bertz CT molecular complexity index is 608. The molecule has 2 aromatic carbocycles. The van der Waals surface area contributed by atoms with E-state index in [4.69, 9.17) is 4.74 Å². The second-order valence-electron chi connectivity index (χ2n) is 5.62. The molecule has 1 aliphatic heterocycles. The van der Waals surface area contributed by atoms with Crippen LogP contribution in [0.15, 0.2) is 48.5 Å². The van der Waals surface area contributed by atoms with E-state index in [-0.39, 0.29) is 6.23 Å². The first-order valence-corrected chi connectivity index (χ1v) is 7.09. The first-order chi connectivity index (χ1) is 9.70. The van der Waals surface area contributed by atoms with Gasteiger partial charge in [0.1, 0.15) is 6.23 Å². The summed E-state index contributed by atoms with van der Waals surface area (Å²) in [4.78, 5) is 2.29. The van der Waals surface area contributed by atoms with Crippen LogP contribution >= 0.6 is 0 Å². The predicted molar refractivity (Wildman–Crippen MR) is 81.8 cm³/mol. The molecule has 1 heterocycles. The van der Waals surface area contributed by atoms with Crippen LogP contribution in [0.25, 0.3) is 0 Å². The molecule has 104 valence electrons. The standard InChI is InChI=1S/C18H21NO/c1-13-7-6-8-14(11-13)17-12-19(2)18(20-3)16-10-5-4-9-15(16)17/h4-11,17-18H,12H2,1-3H3. The fraction of sp³-hybridized carbons (Fsp3) is 0.333. The summed E-state index contributed by atoms with van der Waals surface area (Å²) in [5, 5.41) is 0. The van der Waals surface area contributed by atoms with Crippen molar-refractivity contribution in [2.24, 2.45) is 0 Å². The molecule has 2 unspecified atom stereocenters. The fourth-order valence-electron chi connectivity index (χ4n) is 3.25. The maximum atomic E-state index is 5.66. The molecule has 0 saturated heterocycles. The van der Waals surface area contributed by atoms with E-state index in [2.05, 4.69) is 67.4 Å². The molecule has 3 rings (SSSR count). The Balaban J connectivity index is 2.09. The molecule has 0 saturated carbocycles. The maximum Gasteiger partial charge on any atom is 0.136 e. The summed E-state index contributed by atoms with van der Waals surface area (Å²) in [6.45, 7) is 3.14. The van der Waals surface area contributed by atoms with Crippen molar-refractivity contribution in [2.45, 2.75) is 19.1 Å². The van der Waals surface area contributed by atoms with Gasteiger partial charge >= 0.3 is 0 Å². The summed E-state index contributed by atoms with van der Waals surface area (Å²) in [5.74, 6) is 0.419. The van der Waals surface area contributed by atoms with Crippen LogP contribution in [0.1, 0.15) is 34.4 Å². The zero-order valence-corrected chi connectivity index (χ0v) is 12.3. The molecule has 2 atom stereocenters. The molecule has 0 spiro atoms. The zero-order valence-electron chi connectivity index (χ0n) is 12.3. The minimum atomic E-state index is 0.0623. The highest BCUT2D eigenvalue weighted by molar-refractivity contribution is 5.42. The first kappa shape index (κ1) is 13.3. The number of ether oxygens (including phenoxy) is 1. The summed E-state index contributed by atoms with van der Waals surface area (Å²) in [6, 6.07) is 17.5. The number of hydrogen-bond donors (Lipinski definition) is 0. The predicted octanol–water partition coefficient (Wildman–Crippen LogP) is 3.72. The number of nitrogens with zero attached hydrogens (tertiary/aromatic N) is 1. The van der Waals surface area contributed by atoms with E-state index in [1.165, 1.54) is 22.3 Å². The molecular weight excluding hydrogens is 246 g/mol. The summed E-state index contributed by atoms with van der Waals surface area (Å²) in [5.41, 5.74) is 5.38. The molecule has 0 radical (unpaired) electrons. The molecule has 2 nitrogen and oxygen atoms in total. The van der Waals surface area contributed by atoms with Crippen molar-refractivity contribution in [1.29, 1.82) is 0 Å². The van der Waals surface area contributed by atoms with Crippen molar-refractivity contribution in [3.05, 3.63) is 70.8 Å². The van der Waals surface area contributed by atoms with E-state index in [1.807, 2.05) is 0 Å².